The summed E-state index contributed by atoms with van der Waals surface area (Å²) in [5.41, 5.74) is 13.9. The largest absolute Gasteiger partial charge is 0.382 e. The molecule has 5 nitrogen and oxygen atoms in total. The third-order valence-electron chi connectivity index (χ3n) is 4.06. The van der Waals surface area contributed by atoms with E-state index in [1.807, 2.05) is 30.3 Å². The zero-order valence-corrected chi connectivity index (χ0v) is 12.3. The average molecular weight is 283 g/mol. The van der Waals surface area contributed by atoms with Gasteiger partial charge in [0.2, 0.25) is 0 Å². The molecule has 3 rings (SSSR count). The molecule has 0 radical (unpaired) electrons. The van der Waals surface area contributed by atoms with Gasteiger partial charge < -0.3 is 16.4 Å². The fourth-order valence-electron chi connectivity index (χ4n) is 2.61. The summed E-state index contributed by atoms with van der Waals surface area (Å²) in [4.78, 5) is 11.2. The second-order valence-corrected chi connectivity index (χ2v) is 5.97. The van der Waals surface area contributed by atoms with Crippen molar-refractivity contribution in [3.8, 4) is 11.3 Å². The molecule has 0 unspecified atom stereocenters. The van der Waals surface area contributed by atoms with Crippen molar-refractivity contribution in [2.75, 3.05) is 23.7 Å². The van der Waals surface area contributed by atoms with Gasteiger partial charge in [0.05, 0.1) is 6.20 Å². The van der Waals surface area contributed by atoms with E-state index >= 15 is 0 Å². The quantitative estimate of drug-likeness (QED) is 0.881. The number of aromatic nitrogens is 2. The fourth-order valence-corrected chi connectivity index (χ4v) is 2.61. The molecule has 1 saturated heterocycles. The van der Waals surface area contributed by atoms with Crippen LogP contribution in [-0.4, -0.2) is 28.6 Å². The van der Waals surface area contributed by atoms with Crippen LogP contribution in [0, 0.1) is 0 Å². The SMILES string of the molecule is CC1(N)CCN(c2cnc(-c3ccccc3)c(N)n2)CC1. The maximum Gasteiger partial charge on any atom is 0.152 e. The Balaban J connectivity index is 1.82. The van der Waals surface area contributed by atoms with Crippen LogP contribution in [0.3, 0.4) is 0 Å². The molecule has 1 fully saturated rings. The molecular formula is C16H21N5. The molecule has 1 aromatic heterocycles. The summed E-state index contributed by atoms with van der Waals surface area (Å²) >= 11 is 0. The molecule has 1 aliphatic heterocycles. The lowest BCUT2D eigenvalue weighted by Gasteiger charge is -2.37. The smallest absolute Gasteiger partial charge is 0.152 e. The van der Waals surface area contributed by atoms with Gasteiger partial charge in [0.1, 0.15) is 11.5 Å². The topological polar surface area (TPSA) is 81.1 Å². The third kappa shape index (κ3) is 2.97. The van der Waals surface area contributed by atoms with Crippen LogP contribution in [0.4, 0.5) is 11.6 Å². The fraction of sp³-hybridized carbons (Fsp3) is 0.375. The van der Waals surface area contributed by atoms with Crippen LogP contribution < -0.4 is 16.4 Å². The molecule has 5 heteroatoms. The van der Waals surface area contributed by atoms with E-state index in [9.17, 15) is 0 Å². The summed E-state index contributed by atoms with van der Waals surface area (Å²) in [6.07, 6.45) is 3.71. The van der Waals surface area contributed by atoms with Crippen molar-refractivity contribution in [2.45, 2.75) is 25.3 Å². The number of hydrogen-bond acceptors (Lipinski definition) is 5. The summed E-state index contributed by atoms with van der Waals surface area (Å²) in [5.74, 6) is 1.31. The Labute approximate surface area is 125 Å². The zero-order valence-electron chi connectivity index (χ0n) is 12.3. The van der Waals surface area contributed by atoms with Crippen LogP contribution in [0.15, 0.2) is 36.5 Å². The number of nitrogens with zero attached hydrogens (tertiary/aromatic N) is 3. The van der Waals surface area contributed by atoms with Gasteiger partial charge in [-0.2, -0.15) is 0 Å². The third-order valence-corrected chi connectivity index (χ3v) is 4.06. The lowest BCUT2D eigenvalue weighted by Crippen LogP contribution is -2.48. The molecule has 21 heavy (non-hydrogen) atoms. The Morgan fingerprint density at radius 1 is 1.14 bits per heavy atom. The lowest BCUT2D eigenvalue weighted by molar-refractivity contribution is 0.363. The van der Waals surface area contributed by atoms with E-state index < -0.39 is 0 Å². The molecule has 0 atom stereocenters. The number of benzene rings is 1. The van der Waals surface area contributed by atoms with E-state index in [4.69, 9.17) is 11.5 Å². The number of hydrogen-bond donors (Lipinski definition) is 2. The van der Waals surface area contributed by atoms with Crippen LogP contribution in [0.5, 0.6) is 0 Å². The van der Waals surface area contributed by atoms with Crippen LogP contribution in [-0.2, 0) is 0 Å². The number of anilines is 2. The Kier molecular flexibility index (Phi) is 3.51. The predicted molar refractivity (Wildman–Crippen MR) is 85.9 cm³/mol. The van der Waals surface area contributed by atoms with Gasteiger partial charge in [-0.15, -0.1) is 0 Å². The van der Waals surface area contributed by atoms with Crippen LogP contribution in [0.1, 0.15) is 19.8 Å². The first-order valence-electron chi connectivity index (χ1n) is 7.27. The maximum absolute atomic E-state index is 6.16. The second kappa shape index (κ2) is 5.33. The summed E-state index contributed by atoms with van der Waals surface area (Å²) in [7, 11) is 0. The van der Waals surface area contributed by atoms with Gasteiger partial charge in [-0.3, -0.25) is 0 Å². The predicted octanol–water partition coefficient (Wildman–Crippen LogP) is 2.04. The first-order chi connectivity index (χ1) is 10.1. The van der Waals surface area contributed by atoms with Crippen LogP contribution in [0.2, 0.25) is 0 Å². The normalized spacial score (nSPS) is 17.7. The molecule has 1 aliphatic rings. The van der Waals surface area contributed by atoms with Crippen molar-refractivity contribution in [2.24, 2.45) is 5.73 Å². The highest BCUT2D eigenvalue weighted by atomic mass is 15.2. The average Bonchev–Trinajstić information content (AvgIpc) is 2.48. The molecule has 0 spiro atoms. The molecule has 0 saturated carbocycles. The number of piperidine rings is 1. The molecule has 1 aromatic carbocycles. The minimum Gasteiger partial charge on any atom is -0.382 e. The summed E-state index contributed by atoms with van der Waals surface area (Å²) in [5, 5.41) is 0. The van der Waals surface area contributed by atoms with Crippen molar-refractivity contribution >= 4 is 11.6 Å². The van der Waals surface area contributed by atoms with E-state index in [0.29, 0.717) is 5.82 Å². The minimum absolute atomic E-state index is 0.0700. The van der Waals surface area contributed by atoms with Gasteiger partial charge >= 0.3 is 0 Å². The number of rotatable bonds is 2. The van der Waals surface area contributed by atoms with E-state index in [-0.39, 0.29) is 5.54 Å². The first kappa shape index (κ1) is 13.8. The van der Waals surface area contributed by atoms with Gasteiger partial charge in [-0.05, 0) is 19.8 Å². The summed E-state index contributed by atoms with van der Waals surface area (Å²) in [6, 6.07) is 9.88. The highest BCUT2D eigenvalue weighted by molar-refractivity contribution is 5.70. The van der Waals surface area contributed by atoms with Crippen molar-refractivity contribution < 1.29 is 0 Å². The summed E-state index contributed by atoms with van der Waals surface area (Å²) in [6.45, 7) is 3.89. The monoisotopic (exact) mass is 283 g/mol. The van der Waals surface area contributed by atoms with Crippen molar-refractivity contribution in [1.82, 2.24) is 9.97 Å². The Morgan fingerprint density at radius 3 is 2.43 bits per heavy atom. The van der Waals surface area contributed by atoms with E-state index in [0.717, 1.165) is 43.0 Å². The van der Waals surface area contributed by atoms with E-state index in [2.05, 4.69) is 21.8 Å². The molecule has 4 N–H and O–H groups in total. The van der Waals surface area contributed by atoms with Crippen LogP contribution >= 0.6 is 0 Å². The standard InChI is InChI=1S/C16H21N5/c1-16(18)7-9-21(10-8-16)13-11-19-14(15(17)20-13)12-5-3-2-4-6-12/h2-6,11H,7-10,18H2,1H3,(H2,17,20). The number of nitrogen functional groups attached to an aromatic ring is 1. The van der Waals surface area contributed by atoms with Crippen LogP contribution in [0.25, 0.3) is 11.3 Å². The highest BCUT2D eigenvalue weighted by Gasteiger charge is 2.26. The van der Waals surface area contributed by atoms with Gasteiger partial charge in [0.15, 0.2) is 5.82 Å². The highest BCUT2D eigenvalue weighted by Crippen LogP contribution is 2.27. The Hall–Kier alpha value is -2.14. The molecule has 2 aromatic rings. The first-order valence-corrected chi connectivity index (χ1v) is 7.27. The molecular weight excluding hydrogens is 262 g/mol. The van der Waals surface area contributed by atoms with Gasteiger partial charge in [-0.25, -0.2) is 9.97 Å². The minimum atomic E-state index is -0.0700. The Morgan fingerprint density at radius 2 is 1.81 bits per heavy atom. The molecule has 0 amide bonds. The molecule has 110 valence electrons. The van der Waals surface area contributed by atoms with Crippen molar-refractivity contribution in [1.29, 1.82) is 0 Å². The number of nitrogens with two attached hydrogens (primary N) is 2. The van der Waals surface area contributed by atoms with Crippen molar-refractivity contribution in [3.63, 3.8) is 0 Å². The molecule has 0 bridgehead atoms. The molecule has 0 aliphatic carbocycles. The Bertz CT molecular complexity index is 614. The van der Waals surface area contributed by atoms with Crippen molar-refractivity contribution in [3.05, 3.63) is 36.5 Å². The van der Waals surface area contributed by atoms with Gasteiger partial charge in [-0.1, -0.05) is 30.3 Å². The zero-order chi connectivity index (χ0) is 14.9. The van der Waals surface area contributed by atoms with E-state index in [1.54, 1.807) is 6.20 Å². The second-order valence-electron chi connectivity index (χ2n) is 5.97. The van der Waals surface area contributed by atoms with E-state index in [1.165, 1.54) is 0 Å². The van der Waals surface area contributed by atoms with Gasteiger partial charge in [0.25, 0.3) is 0 Å². The maximum atomic E-state index is 6.16. The van der Waals surface area contributed by atoms with Gasteiger partial charge in [0, 0.05) is 24.2 Å². The summed E-state index contributed by atoms with van der Waals surface area (Å²) < 4.78 is 0. The molecule has 2 heterocycles. The lowest BCUT2D eigenvalue weighted by atomic mass is 9.91.